The van der Waals surface area contributed by atoms with E-state index in [2.05, 4.69) is 15.6 Å². The molecule has 27 heavy (non-hydrogen) atoms. The van der Waals surface area contributed by atoms with Crippen LogP contribution in [-0.4, -0.2) is 33.4 Å². The van der Waals surface area contributed by atoms with Crippen LogP contribution in [0.3, 0.4) is 0 Å². The van der Waals surface area contributed by atoms with Gasteiger partial charge in [0.05, 0.1) is 16.6 Å². The zero-order chi connectivity index (χ0) is 19.0. The Morgan fingerprint density at radius 1 is 1.15 bits per heavy atom. The van der Waals surface area contributed by atoms with Crippen LogP contribution in [0.5, 0.6) is 0 Å². The van der Waals surface area contributed by atoms with Gasteiger partial charge in [-0.15, -0.1) is 0 Å². The molecule has 1 saturated heterocycles. The van der Waals surface area contributed by atoms with Gasteiger partial charge in [0, 0.05) is 25.7 Å². The summed E-state index contributed by atoms with van der Waals surface area (Å²) >= 11 is 0. The Morgan fingerprint density at radius 2 is 1.89 bits per heavy atom. The van der Waals surface area contributed by atoms with Gasteiger partial charge in [0.1, 0.15) is 17.5 Å². The van der Waals surface area contributed by atoms with Crippen molar-refractivity contribution in [1.29, 1.82) is 0 Å². The van der Waals surface area contributed by atoms with Gasteiger partial charge in [-0.25, -0.2) is 13.8 Å². The van der Waals surface area contributed by atoms with Crippen LogP contribution in [0.15, 0.2) is 42.5 Å². The monoisotopic (exact) mass is 369 g/mol. The van der Waals surface area contributed by atoms with Gasteiger partial charge in [-0.3, -0.25) is 4.79 Å². The van der Waals surface area contributed by atoms with Gasteiger partial charge in [-0.1, -0.05) is 12.1 Å². The molecule has 0 unspecified atom stereocenters. The van der Waals surface area contributed by atoms with E-state index in [1.165, 1.54) is 6.07 Å². The van der Waals surface area contributed by atoms with Crippen LogP contribution in [0, 0.1) is 24.5 Å². The Bertz CT molecular complexity index is 990. The van der Waals surface area contributed by atoms with Gasteiger partial charge < -0.3 is 9.47 Å². The van der Waals surface area contributed by atoms with Crippen molar-refractivity contribution in [1.82, 2.24) is 14.5 Å². The number of aromatic nitrogens is 2. The van der Waals surface area contributed by atoms with Gasteiger partial charge in [-0.2, -0.15) is 0 Å². The summed E-state index contributed by atoms with van der Waals surface area (Å²) in [5, 5.41) is 0. The number of hydrogen-bond acceptors (Lipinski definition) is 2. The third-order valence-electron chi connectivity index (χ3n) is 5.35. The molecule has 3 aromatic rings. The molecule has 140 valence electrons. The van der Waals surface area contributed by atoms with E-state index < -0.39 is 11.6 Å². The van der Waals surface area contributed by atoms with Crippen molar-refractivity contribution in [3.8, 4) is 0 Å². The molecule has 0 spiro atoms. The highest BCUT2D eigenvalue weighted by Crippen LogP contribution is 2.24. The second-order valence-corrected chi connectivity index (χ2v) is 7.12. The van der Waals surface area contributed by atoms with E-state index in [9.17, 15) is 13.6 Å². The third-order valence-corrected chi connectivity index (χ3v) is 5.35. The molecule has 6 heteroatoms. The number of aryl methyl sites for hydroxylation is 1. The third kappa shape index (κ3) is 3.44. The Hall–Kier alpha value is -2.76. The van der Waals surface area contributed by atoms with Crippen molar-refractivity contribution < 1.29 is 13.6 Å². The maximum Gasteiger partial charge on any atom is 0.256 e. The highest BCUT2D eigenvalue weighted by Gasteiger charge is 2.26. The number of para-hydroxylation sites is 2. The predicted molar refractivity (Wildman–Crippen MR) is 99.5 cm³/mol. The minimum absolute atomic E-state index is 0.0636. The lowest BCUT2D eigenvalue weighted by atomic mass is 9.96. The Kier molecular flexibility index (Phi) is 4.64. The molecule has 1 amide bonds. The molecular formula is C21H21F2N3O. The van der Waals surface area contributed by atoms with Crippen LogP contribution in [-0.2, 0) is 6.54 Å². The molecule has 2 heterocycles. The fourth-order valence-corrected chi connectivity index (χ4v) is 3.84. The van der Waals surface area contributed by atoms with Gasteiger partial charge >= 0.3 is 0 Å². The average molecular weight is 369 g/mol. The molecule has 0 saturated carbocycles. The normalized spacial score (nSPS) is 15.4. The number of benzene rings is 2. The molecular weight excluding hydrogens is 348 g/mol. The zero-order valence-electron chi connectivity index (χ0n) is 15.2. The van der Waals surface area contributed by atoms with Crippen molar-refractivity contribution in [3.63, 3.8) is 0 Å². The minimum Gasteiger partial charge on any atom is -0.339 e. The highest BCUT2D eigenvalue weighted by molar-refractivity contribution is 5.94. The van der Waals surface area contributed by atoms with Crippen LogP contribution in [0.2, 0.25) is 0 Å². The van der Waals surface area contributed by atoms with E-state index >= 15 is 0 Å². The van der Waals surface area contributed by atoms with E-state index in [0.29, 0.717) is 19.0 Å². The average Bonchev–Trinajstić information content (AvgIpc) is 2.97. The van der Waals surface area contributed by atoms with Gasteiger partial charge in [0.25, 0.3) is 5.91 Å². The van der Waals surface area contributed by atoms with Crippen molar-refractivity contribution in [2.45, 2.75) is 26.3 Å². The molecule has 0 radical (unpaired) electrons. The first-order valence-electron chi connectivity index (χ1n) is 9.19. The van der Waals surface area contributed by atoms with Crippen molar-refractivity contribution in [2.75, 3.05) is 13.1 Å². The summed E-state index contributed by atoms with van der Waals surface area (Å²) in [4.78, 5) is 18.8. The second-order valence-electron chi connectivity index (χ2n) is 7.12. The number of amides is 1. The van der Waals surface area contributed by atoms with E-state index in [1.807, 2.05) is 25.1 Å². The molecule has 0 N–H and O–H groups in total. The van der Waals surface area contributed by atoms with E-state index in [-0.39, 0.29) is 11.5 Å². The van der Waals surface area contributed by atoms with Gasteiger partial charge in [0.2, 0.25) is 0 Å². The van der Waals surface area contributed by atoms with Gasteiger partial charge in [-0.05, 0) is 49.9 Å². The summed E-state index contributed by atoms with van der Waals surface area (Å²) in [6.07, 6.45) is 1.70. The number of fused-ring (bicyclic) bond motifs is 1. The summed E-state index contributed by atoms with van der Waals surface area (Å²) in [5.74, 6) is -0.421. The lowest BCUT2D eigenvalue weighted by Crippen LogP contribution is -2.39. The van der Waals surface area contributed by atoms with Crippen LogP contribution >= 0.6 is 0 Å². The molecule has 2 aromatic carbocycles. The molecule has 4 rings (SSSR count). The largest absolute Gasteiger partial charge is 0.339 e. The maximum atomic E-state index is 13.9. The van der Waals surface area contributed by atoms with Crippen LogP contribution in [0.1, 0.15) is 29.0 Å². The maximum absolute atomic E-state index is 13.9. The predicted octanol–water partition coefficient (Wildman–Crippen LogP) is 4.18. The number of hydrogen-bond donors (Lipinski definition) is 0. The summed E-state index contributed by atoms with van der Waals surface area (Å²) in [7, 11) is 0. The van der Waals surface area contributed by atoms with E-state index in [1.54, 1.807) is 4.90 Å². The molecule has 0 bridgehead atoms. The van der Waals surface area contributed by atoms with Crippen LogP contribution in [0.25, 0.3) is 11.0 Å². The standard InChI is InChI=1S/C21H21F2N3O/c1-14-24-19-4-2-3-5-20(19)26(14)13-15-8-10-25(11-9-15)21(27)17-7-6-16(22)12-18(17)23/h2-7,12,15H,8-11,13H2,1H3. The number of likely N-dealkylation sites (tertiary alicyclic amines) is 1. The Morgan fingerprint density at radius 3 is 2.63 bits per heavy atom. The molecule has 1 fully saturated rings. The topological polar surface area (TPSA) is 38.1 Å². The summed E-state index contributed by atoms with van der Waals surface area (Å²) in [6, 6.07) is 11.2. The minimum atomic E-state index is -0.803. The SMILES string of the molecule is Cc1nc2ccccc2n1CC1CCN(C(=O)c2ccc(F)cc2F)CC1. The smallest absolute Gasteiger partial charge is 0.256 e. The van der Waals surface area contributed by atoms with Crippen molar-refractivity contribution in [3.05, 3.63) is 65.5 Å². The lowest BCUT2D eigenvalue weighted by Gasteiger charge is -2.32. The molecule has 1 aliphatic heterocycles. The van der Waals surface area contributed by atoms with Crippen LogP contribution in [0.4, 0.5) is 8.78 Å². The first-order chi connectivity index (χ1) is 13.0. The van der Waals surface area contributed by atoms with Crippen LogP contribution < -0.4 is 0 Å². The summed E-state index contributed by atoms with van der Waals surface area (Å²) in [6.45, 7) is 4.02. The molecule has 1 aliphatic rings. The Labute approximate surface area is 156 Å². The van der Waals surface area contributed by atoms with Gasteiger partial charge in [0.15, 0.2) is 0 Å². The number of piperidine rings is 1. The quantitative estimate of drug-likeness (QED) is 0.695. The number of nitrogens with zero attached hydrogens (tertiary/aromatic N) is 3. The molecule has 4 nitrogen and oxygen atoms in total. The zero-order valence-corrected chi connectivity index (χ0v) is 15.2. The molecule has 0 aliphatic carbocycles. The van der Waals surface area contributed by atoms with E-state index in [0.717, 1.165) is 48.4 Å². The Balaban J connectivity index is 1.43. The number of imidazole rings is 1. The van der Waals surface area contributed by atoms with Crippen molar-refractivity contribution in [2.24, 2.45) is 5.92 Å². The highest BCUT2D eigenvalue weighted by atomic mass is 19.1. The first kappa shape index (κ1) is 17.6. The number of halogens is 2. The van der Waals surface area contributed by atoms with E-state index in [4.69, 9.17) is 0 Å². The number of carbonyl (C=O) groups is 1. The second kappa shape index (κ2) is 7.10. The lowest BCUT2D eigenvalue weighted by molar-refractivity contribution is 0.0678. The van der Waals surface area contributed by atoms with Crippen molar-refractivity contribution >= 4 is 16.9 Å². The summed E-state index contributed by atoms with van der Waals surface area (Å²) < 4.78 is 29.2. The first-order valence-corrected chi connectivity index (χ1v) is 9.19. The fraction of sp³-hybridized carbons (Fsp3) is 0.333. The molecule has 1 aromatic heterocycles. The fourth-order valence-electron chi connectivity index (χ4n) is 3.84. The molecule has 0 atom stereocenters. The summed E-state index contributed by atoms with van der Waals surface area (Å²) in [5.41, 5.74) is 2.06. The number of rotatable bonds is 3. The number of carbonyl (C=O) groups excluding carboxylic acids is 1.